The molecule has 6 heavy (non-hydrogen) atoms. The minimum absolute atomic E-state index is 0.0417. The molecule has 34 valence electrons. The Morgan fingerprint density at radius 3 is 2.83 bits per heavy atom. The summed E-state index contributed by atoms with van der Waals surface area (Å²) in [7, 11) is 0. The summed E-state index contributed by atoms with van der Waals surface area (Å²) in [5.74, 6) is 1.51. The van der Waals surface area contributed by atoms with Crippen LogP contribution in [0.15, 0.2) is 11.9 Å². The molecule has 0 N–H and O–H groups in total. The highest BCUT2D eigenvalue weighted by atomic mass is 32.2. The summed E-state index contributed by atoms with van der Waals surface area (Å²) in [5, 5.41) is 0. The largest absolute Gasteiger partial charge is 0.211 e. The van der Waals surface area contributed by atoms with E-state index in [1.54, 1.807) is 17.8 Å². The molecule has 0 amide bonds. The maximum Gasteiger partial charge on any atom is 0.107 e. The van der Waals surface area contributed by atoms with Gasteiger partial charge in [-0.2, -0.15) is 11.8 Å². The first-order chi connectivity index (χ1) is 2.89. The van der Waals surface area contributed by atoms with Crippen LogP contribution in [0.3, 0.4) is 0 Å². The van der Waals surface area contributed by atoms with Crippen molar-refractivity contribution in [2.45, 2.75) is 0 Å². The molecule has 0 aromatic heterocycles. The molecule has 2 heteroatoms. The van der Waals surface area contributed by atoms with Crippen LogP contribution in [0.4, 0.5) is 4.39 Å². The number of hydrogen-bond acceptors (Lipinski definition) is 1. The maximum atomic E-state index is 11.8. The first-order valence-electron chi connectivity index (χ1n) is 1.82. The van der Waals surface area contributed by atoms with Gasteiger partial charge in [-0.25, -0.2) is 4.39 Å². The summed E-state index contributed by atoms with van der Waals surface area (Å²) >= 11 is 1.61. The van der Waals surface area contributed by atoms with Crippen LogP contribution in [-0.4, -0.2) is 11.5 Å². The van der Waals surface area contributed by atoms with E-state index in [4.69, 9.17) is 0 Å². The summed E-state index contributed by atoms with van der Waals surface area (Å²) in [6.45, 7) is 0. The molecule has 0 nitrogen and oxygen atoms in total. The molecule has 1 aliphatic rings. The second-order valence-corrected chi connectivity index (χ2v) is 2.20. The zero-order valence-electron chi connectivity index (χ0n) is 3.28. The van der Waals surface area contributed by atoms with Crippen molar-refractivity contribution in [1.29, 1.82) is 0 Å². The highest BCUT2D eigenvalue weighted by molar-refractivity contribution is 7.99. The molecule has 1 aliphatic heterocycles. The summed E-state index contributed by atoms with van der Waals surface area (Å²) < 4.78 is 11.8. The summed E-state index contributed by atoms with van der Waals surface area (Å²) in [5.41, 5.74) is 0. The molecule has 1 heterocycles. The van der Waals surface area contributed by atoms with Gasteiger partial charge in [0, 0.05) is 11.5 Å². The zero-order chi connectivity index (χ0) is 4.41. The molecule has 0 saturated carbocycles. The quantitative estimate of drug-likeness (QED) is 0.449. The molecule has 0 saturated heterocycles. The van der Waals surface area contributed by atoms with Gasteiger partial charge in [0.05, 0.1) is 0 Å². The van der Waals surface area contributed by atoms with Crippen molar-refractivity contribution in [2.75, 3.05) is 11.5 Å². The monoisotopic (exact) mass is 104 g/mol. The Hall–Kier alpha value is 0.0200. The fourth-order valence-corrected chi connectivity index (χ4v) is 1.09. The molecular weight excluding hydrogens is 99.1 g/mol. The first kappa shape index (κ1) is 4.19. The third-order valence-electron chi connectivity index (χ3n) is 0.663. The third kappa shape index (κ3) is 0.744. The van der Waals surface area contributed by atoms with Crippen LogP contribution in [0.5, 0.6) is 0 Å². The smallest absolute Gasteiger partial charge is 0.107 e. The average Bonchev–Trinajstić information content (AvgIpc) is 1.86. The fourth-order valence-electron chi connectivity index (χ4n) is 0.365. The van der Waals surface area contributed by atoms with Crippen LogP contribution in [0.2, 0.25) is 0 Å². The van der Waals surface area contributed by atoms with Crippen molar-refractivity contribution >= 4 is 11.8 Å². The highest BCUT2D eigenvalue weighted by Gasteiger charge is 1.99. The van der Waals surface area contributed by atoms with E-state index in [0.717, 1.165) is 5.75 Å². The van der Waals surface area contributed by atoms with Crippen molar-refractivity contribution in [3.63, 3.8) is 0 Å². The van der Waals surface area contributed by atoms with Crippen LogP contribution < -0.4 is 0 Å². The Morgan fingerprint density at radius 1 is 1.83 bits per heavy atom. The normalized spacial score (nSPS) is 21.2. The van der Waals surface area contributed by atoms with Crippen molar-refractivity contribution in [3.8, 4) is 0 Å². The predicted octanol–water partition coefficient (Wildman–Crippen LogP) is 1.59. The van der Waals surface area contributed by atoms with Gasteiger partial charge < -0.3 is 0 Å². The molecule has 0 aromatic rings. The predicted molar refractivity (Wildman–Crippen MR) is 26.5 cm³/mol. The van der Waals surface area contributed by atoms with Crippen LogP contribution in [0, 0.1) is 0 Å². The van der Waals surface area contributed by atoms with E-state index >= 15 is 0 Å². The zero-order valence-corrected chi connectivity index (χ0v) is 4.09. The van der Waals surface area contributed by atoms with Crippen LogP contribution in [0.1, 0.15) is 0 Å². The van der Waals surface area contributed by atoms with Gasteiger partial charge in [-0.15, -0.1) is 0 Å². The van der Waals surface area contributed by atoms with Gasteiger partial charge in [-0.1, -0.05) is 0 Å². The lowest BCUT2D eigenvalue weighted by molar-refractivity contribution is 0.647. The number of hydrogen-bond donors (Lipinski definition) is 0. The van der Waals surface area contributed by atoms with Crippen LogP contribution in [0.25, 0.3) is 0 Å². The Balaban J connectivity index is 2.45. The number of rotatable bonds is 0. The standard InChI is InChI=1S/C4H5FS/c5-4-1-2-6-3-4/h1H,2-3H2. The molecule has 0 fully saturated rings. The molecule has 0 atom stereocenters. The van der Waals surface area contributed by atoms with Gasteiger partial charge in [0.25, 0.3) is 0 Å². The second-order valence-electron chi connectivity index (χ2n) is 1.17. The topological polar surface area (TPSA) is 0 Å². The highest BCUT2D eigenvalue weighted by Crippen LogP contribution is 2.16. The van der Waals surface area contributed by atoms with E-state index in [-0.39, 0.29) is 5.83 Å². The minimum atomic E-state index is 0.0417. The van der Waals surface area contributed by atoms with Gasteiger partial charge in [-0.3, -0.25) is 0 Å². The Kier molecular flexibility index (Phi) is 1.15. The van der Waals surface area contributed by atoms with Gasteiger partial charge in [0.1, 0.15) is 5.83 Å². The van der Waals surface area contributed by atoms with Crippen molar-refractivity contribution in [3.05, 3.63) is 11.9 Å². The second kappa shape index (κ2) is 1.65. The average molecular weight is 104 g/mol. The van der Waals surface area contributed by atoms with E-state index in [0.29, 0.717) is 5.75 Å². The summed E-state index contributed by atoms with van der Waals surface area (Å²) in [6, 6.07) is 0. The van der Waals surface area contributed by atoms with E-state index in [1.165, 1.54) is 0 Å². The van der Waals surface area contributed by atoms with Crippen molar-refractivity contribution in [1.82, 2.24) is 0 Å². The number of thioether (sulfide) groups is 1. The van der Waals surface area contributed by atoms with E-state index in [1.807, 2.05) is 0 Å². The Bertz CT molecular complexity index is 77.6. The number of halogens is 1. The van der Waals surface area contributed by atoms with Gasteiger partial charge >= 0.3 is 0 Å². The molecule has 0 spiro atoms. The van der Waals surface area contributed by atoms with Gasteiger partial charge in [0.15, 0.2) is 0 Å². The molecular formula is C4H5FS. The summed E-state index contributed by atoms with van der Waals surface area (Å²) in [4.78, 5) is 0. The first-order valence-corrected chi connectivity index (χ1v) is 2.97. The van der Waals surface area contributed by atoms with Crippen molar-refractivity contribution < 1.29 is 4.39 Å². The minimum Gasteiger partial charge on any atom is -0.211 e. The lowest BCUT2D eigenvalue weighted by Gasteiger charge is -1.75. The van der Waals surface area contributed by atoms with Crippen molar-refractivity contribution in [2.24, 2.45) is 0 Å². The maximum absolute atomic E-state index is 11.8. The molecule has 0 bridgehead atoms. The van der Waals surface area contributed by atoms with Gasteiger partial charge in [-0.05, 0) is 6.08 Å². The van der Waals surface area contributed by atoms with E-state index in [2.05, 4.69) is 0 Å². The summed E-state index contributed by atoms with van der Waals surface area (Å²) in [6.07, 6.45) is 1.62. The molecule has 0 aliphatic carbocycles. The fraction of sp³-hybridized carbons (Fsp3) is 0.500. The Morgan fingerprint density at radius 2 is 2.67 bits per heavy atom. The molecule has 0 unspecified atom stereocenters. The molecule has 1 rings (SSSR count). The lowest BCUT2D eigenvalue weighted by Crippen LogP contribution is -1.63. The van der Waals surface area contributed by atoms with Crippen LogP contribution in [-0.2, 0) is 0 Å². The molecule has 0 aromatic carbocycles. The SMILES string of the molecule is FC1=CCSC1. The third-order valence-corrected chi connectivity index (χ3v) is 1.54. The van der Waals surface area contributed by atoms with Gasteiger partial charge in [0.2, 0.25) is 0 Å². The van der Waals surface area contributed by atoms with E-state index < -0.39 is 0 Å². The molecule has 0 radical (unpaired) electrons. The van der Waals surface area contributed by atoms with E-state index in [9.17, 15) is 4.39 Å². The van der Waals surface area contributed by atoms with Crippen LogP contribution >= 0.6 is 11.8 Å². The lowest BCUT2D eigenvalue weighted by atomic mass is 10.6. The Labute approximate surface area is 40.4 Å².